The summed E-state index contributed by atoms with van der Waals surface area (Å²) < 4.78 is 22.3. The topological polar surface area (TPSA) is 142 Å². The second kappa shape index (κ2) is 6.63. The lowest BCUT2D eigenvalue weighted by Gasteiger charge is -2.07. The van der Waals surface area contributed by atoms with Crippen molar-refractivity contribution < 1.29 is 18.3 Å². The van der Waals surface area contributed by atoms with E-state index in [2.05, 4.69) is 10.3 Å². The van der Waals surface area contributed by atoms with Crippen LogP contribution in [0.5, 0.6) is 5.75 Å². The second-order valence-corrected chi connectivity index (χ2v) is 6.35. The van der Waals surface area contributed by atoms with Crippen LogP contribution in [0.25, 0.3) is 0 Å². The number of carbonyl (C=O) groups excluding carboxylic acids is 1. The molecule has 1 aromatic carbocycles. The fraction of sp³-hybridized carbons (Fsp3) is 0.143. The van der Waals surface area contributed by atoms with Gasteiger partial charge in [-0.05, 0) is 24.1 Å². The van der Waals surface area contributed by atoms with Crippen molar-refractivity contribution in [3.05, 3.63) is 58.0 Å². The van der Waals surface area contributed by atoms with E-state index >= 15 is 0 Å². The summed E-state index contributed by atoms with van der Waals surface area (Å²) in [5.74, 6) is -0.927. The Morgan fingerprint density at radius 2 is 1.91 bits per heavy atom. The highest BCUT2D eigenvalue weighted by molar-refractivity contribution is 7.89. The molecule has 0 saturated carbocycles. The number of aromatic hydroxyl groups is 1. The van der Waals surface area contributed by atoms with E-state index < -0.39 is 27.2 Å². The van der Waals surface area contributed by atoms with E-state index in [1.54, 1.807) is 12.1 Å². The summed E-state index contributed by atoms with van der Waals surface area (Å²) in [6, 6.07) is 6.90. The Hall–Kier alpha value is -2.65. The number of pyridine rings is 1. The van der Waals surface area contributed by atoms with E-state index in [1.807, 2.05) is 0 Å². The summed E-state index contributed by atoms with van der Waals surface area (Å²) in [7, 11) is -3.72. The van der Waals surface area contributed by atoms with Crippen LogP contribution in [-0.4, -0.2) is 31.0 Å². The minimum Gasteiger partial charge on any atom is -0.507 e. The molecule has 0 atom stereocenters. The highest BCUT2D eigenvalue weighted by atomic mass is 32.2. The number of H-pyrrole nitrogens is 1. The molecular formula is C14H15N3O5S. The molecule has 0 saturated heterocycles. The molecule has 0 bridgehead atoms. The van der Waals surface area contributed by atoms with Crippen LogP contribution in [-0.2, 0) is 16.4 Å². The minimum atomic E-state index is -3.72. The molecule has 0 unspecified atom stereocenters. The van der Waals surface area contributed by atoms with Crippen LogP contribution < -0.4 is 16.0 Å². The number of nitrogens with one attached hydrogen (secondary N) is 2. The van der Waals surface area contributed by atoms with Crippen molar-refractivity contribution in [2.75, 3.05) is 6.54 Å². The Bertz CT molecular complexity index is 872. The first-order valence-corrected chi connectivity index (χ1v) is 8.13. The Labute approximate surface area is 132 Å². The summed E-state index contributed by atoms with van der Waals surface area (Å²) in [5.41, 5.74) is 0.270. The van der Waals surface area contributed by atoms with Gasteiger partial charge < -0.3 is 15.4 Å². The van der Waals surface area contributed by atoms with Gasteiger partial charge in [0, 0.05) is 18.8 Å². The molecule has 1 heterocycles. The fourth-order valence-corrected chi connectivity index (χ4v) is 2.42. The molecule has 1 amide bonds. The quantitative estimate of drug-likeness (QED) is 0.592. The van der Waals surface area contributed by atoms with Crippen molar-refractivity contribution in [1.82, 2.24) is 10.3 Å². The van der Waals surface area contributed by atoms with Crippen LogP contribution in [0, 0.1) is 0 Å². The lowest BCUT2D eigenvalue weighted by atomic mass is 10.1. The van der Waals surface area contributed by atoms with Crippen molar-refractivity contribution in [3.63, 3.8) is 0 Å². The molecule has 0 spiro atoms. The zero-order valence-corrected chi connectivity index (χ0v) is 12.8. The number of hydrogen-bond acceptors (Lipinski definition) is 5. The molecule has 23 heavy (non-hydrogen) atoms. The first-order valence-electron chi connectivity index (χ1n) is 6.59. The average Bonchev–Trinajstić information content (AvgIpc) is 2.46. The zero-order chi connectivity index (χ0) is 17.0. The number of aromatic amines is 1. The third kappa shape index (κ3) is 4.41. The number of benzene rings is 1. The maximum absolute atomic E-state index is 11.9. The zero-order valence-electron chi connectivity index (χ0n) is 11.9. The molecule has 0 aliphatic carbocycles. The maximum Gasteiger partial charge on any atom is 0.256 e. The molecule has 0 radical (unpaired) electrons. The molecule has 2 aromatic rings. The Balaban J connectivity index is 1.94. The molecule has 0 aliphatic heterocycles. The molecular weight excluding hydrogens is 322 g/mol. The minimum absolute atomic E-state index is 0.0171. The number of carbonyl (C=O) groups is 1. The summed E-state index contributed by atoms with van der Waals surface area (Å²) in [6.07, 6.45) is 1.59. The SMILES string of the molecule is NS(=O)(=O)c1ccc(CCNC(=O)c2c[nH]c(=O)cc2O)cc1. The van der Waals surface area contributed by atoms with Gasteiger partial charge in [0.15, 0.2) is 0 Å². The van der Waals surface area contributed by atoms with E-state index in [0.29, 0.717) is 6.42 Å². The molecule has 1 aromatic heterocycles. The normalized spacial score (nSPS) is 11.2. The molecule has 9 heteroatoms. The molecule has 2 rings (SSSR count). The number of nitrogens with two attached hydrogens (primary N) is 1. The highest BCUT2D eigenvalue weighted by Gasteiger charge is 2.11. The van der Waals surface area contributed by atoms with E-state index in [9.17, 15) is 23.1 Å². The predicted octanol–water partition coefficient (Wildman–Crippen LogP) is -0.300. The highest BCUT2D eigenvalue weighted by Crippen LogP contribution is 2.12. The lowest BCUT2D eigenvalue weighted by molar-refractivity contribution is 0.0951. The fourth-order valence-electron chi connectivity index (χ4n) is 1.90. The van der Waals surface area contributed by atoms with Crippen LogP contribution in [0.3, 0.4) is 0 Å². The maximum atomic E-state index is 11.9. The third-order valence-corrected chi connectivity index (χ3v) is 4.03. The standard InChI is InChI=1S/C14H15N3O5S/c15-23(21,22)10-3-1-9(2-4-10)5-6-16-14(20)11-8-17-13(19)7-12(11)18/h1-4,7-8H,5-6H2,(H,16,20)(H2,15,21,22)(H2,17,18,19). The van der Waals surface area contributed by atoms with Crippen molar-refractivity contribution in [1.29, 1.82) is 0 Å². The molecule has 0 fully saturated rings. The summed E-state index contributed by atoms with van der Waals surface area (Å²) >= 11 is 0. The largest absolute Gasteiger partial charge is 0.507 e. The van der Waals surface area contributed by atoms with Crippen molar-refractivity contribution in [2.45, 2.75) is 11.3 Å². The van der Waals surface area contributed by atoms with Gasteiger partial charge >= 0.3 is 0 Å². The number of primary sulfonamides is 1. The van der Waals surface area contributed by atoms with Gasteiger partial charge in [-0.25, -0.2) is 13.6 Å². The summed E-state index contributed by atoms with van der Waals surface area (Å²) in [5, 5.41) is 17.1. The van der Waals surface area contributed by atoms with Crippen LogP contribution in [0.15, 0.2) is 46.2 Å². The molecule has 8 nitrogen and oxygen atoms in total. The van der Waals surface area contributed by atoms with Crippen LogP contribution in [0.2, 0.25) is 0 Å². The monoisotopic (exact) mass is 337 g/mol. The summed E-state index contributed by atoms with van der Waals surface area (Å²) in [6.45, 7) is 0.270. The smallest absolute Gasteiger partial charge is 0.256 e. The number of hydrogen-bond donors (Lipinski definition) is 4. The number of aromatic nitrogens is 1. The van der Waals surface area contributed by atoms with Crippen LogP contribution in [0.1, 0.15) is 15.9 Å². The van der Waals surface area contributed by atoms with Gasteiger partial charge in [-0.15, -0.1) is 0 Å². The lowest BCUT2D eigenvalue weighted by Crippen LogP contribution is -2.26. The molecule has 122 valence electrons. The number of amides is 1. The summed E-state index contributed by atoms with van der Waals surface area (Å²) in [4.78, 5) is 25.1. The average molecular weight is 337 g/mol. The van der Waals surface area contributed by atoms with E-state index in [4.69, 9.17) is 5.14 Å². The van der Waals surface area contributed by atoms with Gasteiger partial charge in [-0.3, -0.25) is 9.59 Å². The van der Waals surface area contributed by atoms with Gasteiger partial charge in [0.05, 0.1) is 10.5 Å². The van der Waals surface area contributed by atoms with Crippen molar-refractivity contribution in [3.8, 4) is 5.75 Å². The second-order valence-electron chi connectivity index (χ2n) is 4.79. The first kappa shape index (κ1) is 16.7. The Kier molecular flexibility index (Phi) is 4.82. The Morgan fingerprint density at radius 1 is 1.26 bits per heavy atom. The van der Waals surface area contributed by atoms with E-state index in [-0.39, 0.29) is 17.0 Å². The van der Waals surface area contributed by atoms with E-state index in [1.165, 1.54) is 12.1 Å². The molecule has 0 aliphatic rings. The van der Waals surface area contributed by atoms with Gasteiger partial charge in [0.1, 0.15) is 5.75 Å². The Morgan fingerprint density at radius 3 is 2.48 bits per heavy atom. The van der Waals surface area contributed by atoms with Crippen molar-refractivity contribution >= 4 is 15.9 Å². The number of rotatable bonds is 5. The van der Waals surface area contributed by atoms with Crippen LogP contribution in [0.4, 0.5) is 0 Å². The van der Waals surface area contributed by atoms with Crippen LogP contribution >= 0.6 is 0 Å². The van der Waals surface area contributed by atoms with E-state index in [0.717, 1.165) is 17.8 Å². The van der Waals surface area contributed by atoms with Gasteiger partial charge in [0.2, 0.25) is 10.0 Å². The first-order chi connectivity index (χ1) is 10.8. The molecule has 5 N–H and O–H groups in total. The number of sulfonamides is 1. The third-order valence-electron chi connectivity index (χ3n) is 3.10. The van der Waals surface area contributed by atoms with Gasteiger partial charge in [0.25, 0.3) is 11.5 Å². The van der Waals surface area contributed by atoms with Gasteiger partial charge in [-0.1, -0.05) is 12.1 Å². The van der Waals surface area contributed by atoms with Gasteiger partial charge in [-0.2, -0.15) is 0 Å². The van der Waals surface area contributed by atoms with Crippen molar-refractivity contribution in [2.24, 2.45) is 5.14 Å². The predicted molar refractivity (Wildman–Crippen MR) is 82.6 cm³/mol.